The first-order valence-corrected chi connectivity index (χ1v) is 5.00. The highest BCUT2D eigenvalue weighted by atomic mass is 79.9. The lowest BCUT2D eigenvalue weighted by Crippen LogP contribution is -1.80. The van der Waals surface area contributed by atoms with Crippen LogP contribution >= 0.6 is 15.9 Å². The summed E-state index contributed by atoms with van der Waals surface area (Å²) in [6.07, 6.45) is 1.62. The Labute approximate surface area is 83.8 Å². The maximum absolute atomic E-state index is 5.21. The SMILES string of the molecule is Cc1c(CBr)noc1-c1ccco1. The highest BCUT2D eigenvalue weighted by Gasteiger charge is 2.14. The van der Waals surface area contributed by atoms with E-state index in [1.54, 1.807) is 6.26 Å². The molecular weight excluding hydrogens is 234 g/mol. The van der Waals surface area contributed by atoms with Gasteiger partial charge in [-0.2, -0.15) is 0 Å². The minimum absolute atomic E-state index is 0.697. The van der Waals surface area contributed by atoms with Crippen LogP contribution in [-0.4, -0.2) is 5.16 Å². The molecule has 0 spiro atoms. The summed E-state index contributed by atoms with van der Waals surface area (Å²) in [7, 11) is 0. The Kier molecular flexibility index (Phi) is 2.22. The molecule has 0 atom stereocenters. The molecule has 68 valence electrons. The van der Waals surface area contributed by atoms with Crippen LogP contribution in [0.1, 0.15) is 11.3 Å². The molecule has 0 aliphatic carbocycles. The molecule has 0 aromatic carbocycles. The van der Waals surface area contributed by atoms with Gasteiger partial charge in [0.2, 0.25) is 5.76 Å². The second-order valence-electron chi connectivity index (χ2n) is 2.69. The molecule has 0 radical (unpaired) electrons. The van der Waals surface area contributed by atoms with Crippen molar-refractivity contribution in [1.82, 2.24) is 5.16 Å². The lowest BCUT2D eigenvalue weighted by atomic mass is 10.2. The zero-order chi connectivity index (χ0) is 9.26. The zero-order valence-electron chi connectivity index (χ0n) is 7.08. The number of alkyl halides is 1. The van der Waals surface area contributed by atoms with E-state index in [2.05, 4.69) is 21.1 Å². The molecule has 2 rings (SSSR count). The summed E-state index contributed by atoms with van der Waals surface area (Å²) in [5.41, 5.74) is 1.93. The summed E-state index contributed by atoms with van der Waals surface area (Å²) >= 11 is 3.33. The number of aromatic nitrogens is 1. The van der Waals surface area contributed by atoms with Crippen molar-refractivity contribution in [3.05, 3.63) is 29.7 Å². The predicted octanol–water partition coefficient (Wildman–Crippen LogP) is 3.14. The summed E-state index contributed by atoms with van der Waals surface area (Å²) in [6.45, 7) is 1.96. The molecule has 0 amide bonds. The van der Waals surface area contributed by atoms with E-state index in [9.17, 15) is 0 Å². The van der Waals surface area contributed by atoms with Gasteiger partial charge in [0.25, 0.3) is 0 Å². The summed E-state index contributed by atoms with van der Waals surface area (Å²) < 4.78 is 10.4. The van der Waals surface area contributed by atoms with Gasteiger partial charge >= 0.3 is 0 Å². The van der Waals surface area contributed by atoms with E-state index >= 15 is 0 Å². The average Bonchev–Trinajstić information content (AvgIpc) is 2.72. The third-order valence-electron chi connectivity index (χ3n) is 1.89. The number of nitrogens with zero attached hydrogens (tertiary/aromatic N) is 1. The normalized spacial score (nSPS) is 10.6. The largest absolute Gasteiger partial charge is 0.461 e. The van der Waals surface area contributed by atoms with Gasteiger partial charge in [0, 0.05) is 10.9 Å². The molecule has 3 nitrogen and oxygen atoms in total. The molecule has 0 N–H and O–H groups in total. The van der Waals surface area contributed by atoms with Gasteiger partial charge in [-0.1, -0.05) is 21.1 Å². The van der Waals surface area contributed by atoms with Gasteiger partial charge in [0.05, 0.1) is 12.0 Å². The maximum atomic E-state index is 5.21. The van der Waals surface area contributed by atoms with Crippen LogP contribution in [0.3, 0.4) is 0 Å². The average molecular weight is 242 g/mol. The van der Waals surface area contributed by atoms with E-state index in [4.69, 9.17) is 8.94 Å². The molecule has 0 saturated heterocycles. The Morgan fingerprint density at radius 2 is 2.38 bits per heavy atom. The van der Waals surface area contributed by atoms with Gasteiger partial charge in [-0.05, 0) is 19.1 Å². The molecule has 2 aromatic rings. The second-order valence-corrected chi connectivity index (χ2v) is 3.26. The van der Waals surface area contributed by atoms with Crippen LogP contribution in [0.4, 0.5) is 0 Å². The lowest BCUT2D eigenvalue weighted by molar-refractivity contribution is 0.413. The predicted molar refractivity (Wildman–Crippen MR) is 51.6 cm³/mol. The van der Waals surface area contributed by atoms with Gasteiger partial charge in [0.15, 0.2) is 5.76 Å². The minimum Gasteiger partial charge on any atom is -0.461 e. The van der Waals surface area contributed by atoms with Crippen LogP contribution < -0.4 is 0 Å². The maximum Gasteiger partial charge on any atom is 0.205 e. The fourth-order valence-electron chi connectivity index (χ4n) is 1.13. The monoisotopic (exact) mass is 241 g/mol. The Morgan fingerprint density at radius 1 is 1.54 bits per heavy atom. The number of rotatable bonds is 2. The fourth-order valence-corrected chi connectivity index (χ4v) is 1.65. The van der Waals surface area contributed by atoms with Crippen molar-refractivity contribution in [2.45, 2.75) is 12.3 Å². The molecule has 0 aliphatic heterocycles. The molecule has 0 saturated carbocycles. The highest BCUT2D eigenvalue weighted by Crippen LogP contribution is 2.26. The molecule has 0 bridgehead atoms. The van der Waals surface area contributed by atoms with Crippen LogP contribution in [0.15, 0.2) is 27.3 Å². The van der Waals surface area contributed by atoms with E-state index in [-0.39, 0.29) is 0 Å². The van der Waals surface area contributed by atoms with Crippen LogP contribution in [0.2, 0.25) is 0 Å². The number of hydrogen-bond acceptors (Lipinski definition) is 3. The van der Waals surface area contributed by atoms with Gasteiger partial charge in [-0.15, -0.1) is 0 Å². The summed E-state index contributed by atoms with van der Waals surface area (Å²) in [6, 6.07) is 3.68. The third kappa shape index (κ3) is 1.42. The number of furan rings is 1. The topological polar surface area (TPSA) is 39.2 Å². The molecule has 0 unspecified atom stereocenters. The van der Waals surface area contributed by atoms with Crippen molar-refractivity contribution in [3.63, 3.8) is 0 Å². The van der Waals surface area contributed by atoms with Gasteiger partial charge in [-0.3, -0.25) is 0 Å². The van der Waals surface area contributed by atoms with Crippen molar-refractivity contribution < 1.29 is 8.94 Å². The van der Waals surface area contributed by atoms with E-state index in [0.717, 1.165) is 17.0 Å². The Balaban J connectivity index is 2.48. The Hall–Kier alpha value is -1.03. The minimum atomic E-state index is 0.697. The second kappa shape index (κ2) is 3.38. The Morgan fingerprint density at radius 3 is 2.92 bits per heavy atom. The lowest BCUT2D eigenvalue weighted by Gasteiger charge is -1.90. The number of hydrogen-bond donors (Lipinski definition) is 0. The van der Waals surface area contributed by atoms with Crippen molar-refractivity contribution in [2.24, 2.45) is 0 Å². The van der Waals surface area contributed by atoms with Crippen LogP contribution in [0, 0.1) is 6.92 Å². The zero-order valence-corrected chi connectivity index (χ0v) is 8.67. The van der Waals surface area contributed by atoms with Crippen LogP contribution in [0.5, 0.6) is 0 Å². The van der Waals surface area contributed by atoms with E-state index < -0.39 is 0 Å². The summed E-state index contributed by atoms with van der Waals surface area (Å²) in [4.78, 5) is 0. The Bertz CT molecular complexity index is 392. The standard InChI is InChI=1S/C9H8BrNO2/c1-6-7(5-10)11-13-9(6)8-3-2-4-12-8/h2-4H,5H2,1H3. The first-order chi connectivity index (χ1) is 6.33. The van der Waals surface area contributed by atoms with Gasteiger partial charge < -0.3 is 8.94 Å². The summed E-state index contributed by atoms with van der Waals surface area (Å²) in [5, 5.41) is 4.61. The van der Waals surface area contributed by atoms with Crippen molar-refractivity contribution in [1.29, 1.82) is 0 Å². The third-order valence-corrected chi connectivity index (χ3v) is 2.42. The molecule has 13 heavy (non-hydrogen) atoms. The first-order valence-electron chi connectivity index (χ1n) is 3.88. The first kappa shape index (κ1) is 8.56. The molecule has 4 heteroatoms. The van der Waals surface area contributed by atoms with E-state index in [1.807, 2.05) is 19.1 Å². The molecule has 0 aliphatic rings. The molecular formula is C9H8BrNO2. The molecule has 0 fully saturated rings. The molecule has 2 aromatic heterocycles. The fraction of sp³-hybridized carbons (Fsp3) is 0.222. The summed E-state index contributed by atoms with van der Waals surface area (Å²) in [5.74, 6) is 1.43. The van der Waals surface area contributed by atoms with Crippen LogP contribution in [-0.2, 0) is 5.33 Å². The van der Waals surface area contributed by atoms with Crippen molar-refractivity contribution in [2.75, 3.05) is 0 Å². The van der Waals surface area contributed by atoms with E-state index in [1.165, 1.54) is 0 Å². The smallest absolute Gasteiger partial charge is 0.205 e. The van der Waals surface area contributed by atoms with Crippen molar-refractivity contribution in [3.8, 4) is 11.5 Å². The molecule has 2 heterocycles. The van der Waals surface area contributed by atoms with E-state index in [0.29, 0.717) is 11.1 Å². The number of halogens is 1. The van der Waals surface area contributed by atoms with Crippen molar-refractivity contribution >= 4 is 15.9 Å². The van der Waals surface area contributed by atoms with Crippen LogP contribution in [0.25, 0.3) is 11.5 Å². The van der Waals surface area contributed by atoms with Gasteiger partial charge in [-0.25, -0.2) is 0 Å². The highest BCUT2D eigenvalue weighted by molar-refractivity contribution is 9.08. The quantitative estimate of drug-likeness (QED) is 0.759. The van der Waals surface area contributed by atoms with Gasteiger partial charge in [0.1, 0.15) is 0 Å².